The Labute approximate surface area is 108 Å². The van der Waals surface area contributed by atoms with Gasteiger partial charge < -0.3 is 10.2 Å². The van der Waals surface area contributed by atoms with E-state index in [0.29, 0.717) is 13.0 Å². The van der Waals surface area contributed by atoms with Crippen LogP contribution in [0.3, 0.4) is 0 Å². The minimum atomic E-state index is 0.0277. The van der Waals surface area contributed by atoms with E-state index in [0.717, 1.165) is 12.1 Å². The number of benzene rings is 1. The summed E-state index contributed by atoms with van der Waals surface area (Å²) in [6.07, 6.45) is 6.68. The Hall–Kier alpha value is -2.03. The lowest BCUT2D eigenvalue weighted by atomic mass is 10.1. The number of nitrogens with one attached hydrogen (secondary N) is 1. The standard InChI is InChI=1S/C15H18N2O/c1-2-16-15(18)14-9-6-10-17(12-14)11-13-7-4-3-5-8-13/h3-8,10,12H,2,9,11H2,1H3,(H,16,18). The zero-order valence-corrected chi connectivity index (χ0v) is 10.6. The van der Waals surface area contributed by atoms with Crippen LogP contribution in [-0.2, 0) is 11.3 Å². The summed E-state index contributed by atoms with van der Waals surface area (Å²) in [6, 6.07) is 10.2. The average molecular weight is 242 g/mol. The molecule has 3 nitrogen and oxygen atoms in total. The number of hydrogen-bond acceptors (Lipinski definition) is 2. The third-order valence-corrected chi connectivity index (χ3v) is 2.79. The lowest BCUT2D eigenvalue weighted by Crippen LogP contribution is -2.27. The fraction of sp³-hybridized carbons (Fsp3) is 0.267. The first kappa shape index (κ1) is 12.4. The Kier molecular flexibility index (Phi) is 4.18. The van der Waals surface area contributed by atoms with Gasteiger partial charge in [0.05, 0.1) is 0 Å². The molecule has 0 fully saturated rings. The largest absolute Gasteiger partial charge is 0.353 e. The molecule has 18 heavy (non-hydrogen) atoms. The third kappa shape index (κ3) is 3.23. The number of nitrogens with zero attached hydrogens (tertiary/aromatic N) is 1. The van der Waals surface area contributed by atoms with E-state index in [1.807, 2.05) is 48.5 Å². The van der Waals surface area contributed by atoms with Crippen LogP contribution in [0.2, 0.25) is 0 Å². The Morgan fingerprint density at radius 3 is 2.83 bits per heavy atom. The molecule has 1 amide bonds. The van der Waals surface area contributed by atoms with Crippen molar-refractivity contribution in [1.29, 1.82) is 0 Å². The lowest BCUT2D eigenvalue weighted by Gasteiger charge is -2.21. The summed E-state index contributed by atoms with van der Waals surface area (Å²) in [5.74, 6) is 0.0277. The lowest BCUT2D eigenvalue weighted by molar-refractivity contribution is -0.117. The van der Waals surface area contributed by atoms with E-state index in [4.69, 9.17) is 0 Å². The van der Waals surface area contributed by atoms with E-state index in [-0.39, 0.29) is 5.91 Å². The van der Waals surface area contributed by atoms with Crippen LogP contribution < -0.4 is 5.32 Å². The van der Waals surface area contributed by atoms with Gasteiger partial charge in [-0.2, -0.15) is 0 Å². The average Bonchev–Trinajstić information content (AvgIpc) is 2.40. The Balaban J connectivity index is 2.03. The first-order chi connectivity index (χ1) is 8.79. The van der Waals surface area contributed by atoms with E-state index in [1.54, 1.807) is 0 Å². The summed E-state index contributed by atoms with van der Waals surface area (Å²) >= 11 is 0. The topological polar surface area (TPSA) is 32.3 Å². The van der Waals surface area contributed by atoms with Crippen LogP contribution in [-0.4, -0.2) is 17.4 Å². The second-order valence-electron chi connectivity index (χ2n) is 4.26. The number of allylic oxidation sites excluding steroid dienone is 1. The van der Waals surface area contributed by atoms with Crippen molar-refractivity contribution >= 4 is 5.91 Å². The molecule has 0 saturated heterocycles. The molecule has 0 atom stereocenters. The number of carbonyl (C=O) groups excluding carboxylic acids is 1. The maximum atomic E-state index is 11.8. The van der Waals surface area contributed by atoms with Crippen LogP contribution >= 0.6 is 0 Å². The van der Waals surface area contributed by atoms with Crippen LogP contribution in [0.1, 0.15) is 18.9 Å². The summed E-state index contributed by atoms with van der Waals surface area (Å²) < 4.78 is 0. The summed E-state index contributed by atoms with van der Waals surface area (Å²) in [5, 5.41) is 2.83. The highest BCUT2D eigenvalue weighted by atomic mass is 16.1. The van der Waals surface area contributed by atoms with Gasteiger partial charge in [0, 0.05) is 31.1 Å². The summed E-state index contributed by atoms with van der Waals surface area (Å²) in [6.45, 7) is 3.39. The van der Waals surface area contributed by atoms with Crippen LogP contribution in [0.4, 0.5) is 0 Å². The summed E-state index contributed by atoms with van der Waals surface area (Å²) in [4.78, 5) is 13.8. The molecule has 1 N–H and O–H groups in total. The molecule has 0 unspecified atom stereocenters. The van der Waals surface area contributed by atoms with Gasteiger partial charge in [0.15, 0.2) is 0 Å². The van der Waals surface area contributed by atoms with Crippen molar-refractivity contribution in [3.05, 3.63) is 59.9 Å². The molecule has 1 heterocycles. The molecule has 0 spiro atoms. The second kappa shape index (κ2) is 6.05. The van der Waals surface area contributed by atoms with Crippen LogP contribution in [0.15, 0.2) is 54.4 Å². The molecule has 1 aliphatic heterocycles. The molecule has 0 aromatic heterocycles. The van der Waals surface area contributed by atoms with E-state index < -0.39 is 0 Å². The van der Waals surface area contributed by atoms with Gasteiger partial charge in [0.2, 0.25) is 5.91 Å². The highest BCUT2D eigenvalue weighted by Gasteiger charge is 2.12. The van der Waals surface area contributed by atoms with Gasteiger partial charge in [-0.3, -0.25) is 4.79 Å². The highest BCUT2D eigenvalue weighted by molar-refractivity contribution is 5.93. The molecule has 2 rings (SSSR count). The number of amides is 1. The molecule has 1 aliphatic rings. The van der Waals surface area contributed by atoms with Gasteiger partial charge >= 0.3 is 0 Å². The van der Waals surface area contributed by atoms with Gasteiger partial charge in [0.25, 0.3) is 0 Å². The Bertz CT molecular complexity index is 463. The predicted octanol–water partition coefficient (Wildman–Crippen LogP) is 2.43. The zero-order chi connectivity index (χ0) is 12.8. The monoisotopic (exact) mass is 242 g/mol. The van der Waals surface area contributed by atoms with E-state index in [1.165, 1.54) is 5.56 Å². The van der Waals surface area contributed by atoms with Gasteiger partial charge in [-0.25, -0.2) is 0 Å². The Morgan fingerprint density at radius 2 is 2.11 bits per heavy atom. The molecule has 0 aliphatic carbocycles. The van der Waals surface area contributed by atoms with E-state index >= 15 is 0 Å². The number of hydrogen-bond donors (Lipinski definition) is 1. The molecular weight excluding hydrogens is 224 g/mol. The van der Waals surface area contributed by atoms with Gasteiger partial charge in [-0.05, 0) is 18.9 Å². The smallest absolute Gasteiger partial charge is 0.248 e. The van der Waals surface area contributed by atoms with Crippen LogP contribution in [0.5, 0.6) is 0 Å². The summed E-state index contributed by atoms with van der Waals surface area (Å²) in [5.41, 5.74) is 2.05. The van der Waals surface area contributed by atoms with Gasteiger partial charge in [-0.15, -0.1) is 0 Å². The van der Waals surface area contributed by atoms with Gasteiger partial charge in [0.1, 0.15) is 0 Å². The molecule has 1 aromatic carbocycles. The van der Waals surface area contributed by atoms with Crippen LogP contribution in [0.25, 0.3) is 0 Å². The van der Waals surface area contributed by atoms with Crippen LogP contribution in [0, 0.1) is 0 Å². The highest BCUT2D eigenvalue weighted by Crippen LogP contribution is 2.15. The van der Waals surface area contributed by atoms with Crippen molar-refractivity contribution < 1.29 is 4.79 Å². The number of carbonyl (C=O) groups is 1. The first-order valence-electron chi connectivity index (χ1n) is 6.25. The first-order valence-corrected chi connectivity index (χ1v) is 6.25. The number of rotatable bonds is 4. The fourth-order valence-electron chi connectivity index (χ4n) is 1.93. The predicted molar refractivity (Wildman–Crippen MR) is 72.5 cm³/mol. The SMILES string of the molecule is CCNC(=O)C1=CN(Cc2ccccc2)C=CC1. The maximum absolute atomic E-state index is 11.8. The minimum Gasteiger partial charge on any atom is -0.353 e. The molecule has 94 valence electrons. The summed E-state index contributed by atoms with van der Waals surface area (Å²) in [7, 11) is 0. The van der Waals surface area contributed by atoms with Crippen molar-refractivity contribution in [2.45, 2.75) is 19.9 Å². The van der Waals surface area contributed by atoms with Crippen molar-refractivity contribution in [3.8, 4) is 0 Å². The molecule has 1 aromatic rings. The fourth-order valence-corrected chi connectivity index (χ4v) is 1.93. The van der Waals surface area contributed by atoms with Crippen molar-refractivity contribution in [3.63, 3.8) is 0 Å². The van der Waals surface area contributed by atoms with Crippen molar-refractivity contribution in [2.24, 2.45) is 0 Å². The number of likely N-dealkylation sites (N-methyl/N-ethyl adjacent to an activating group) is 1. The molecular formula is C15H18N2O. The van der Waals surface area contributed by atoms with E-state index in [2.05, 4.69) is 17.4 Å². The quantitative estimate of drug-likeness (QED) is 0.879. The third-order valence-electron chi connectivity index (χ3n) is 2.79. The molecule has 0 radical (unpaired) electrons. The Morgan fingerprint density at radius 1 is 1.33 bits per heavy atom. The van der Waals surface area contributed by atoms with Crippen molar-refractivity contribution in [1.82, 2.24) is 10.2 Å². The van der Waals surface area contributed by atoms with Gasteiger partial charge in [-0.1, -0.05) is 36.4 Å². The second-order valence-corrected chi connectivity index (χ2v) is 4.26. The molecule has 0 saturated carbocycles. The normalized spacial score (nSPS) is 14.3. The molecule has 3 heteroatoms. The maximum Gasteiger partial charge on any atom is 0.248 e. The van der Waals surface area contributed by atoms with E-state index in [9.17, 15) is 4.79 Å². The molecule has 0 bridgehead atoms. The van der Waals surface area contributed by atoms with Crippen molar-refractivity contribution in [2.75, 3.05) is 6.54 Å². The minimum absolute atomic E-state index is 0.0277. The zero-order valence-electron chi connectivity index (χ0n) is 10.6.